The van der Waals surface area contributed by atoms with Crippen LogP contribution in [0.15, 0.2) is 24.3 Å². The summed E-state index contributed by atoms with van der Waals surface area (Å²) in [6, 6.07) is 8.42. The second-order valence-corrected chi connectivity index (χ2v) is 5.86. The highest BCUT2D eigenvalue weighted by atomic mass is 16.2. The molecule has 102 valence electrons. The molecule has 1 amide bonds. The Hall–Kier alpha value is -1.51. The largest absolute Gasteiger partial charge is 0.384 e. The minimum atomic E-state index is -0.0277. The molecule has 1 heterocycles. The molecule has 1 fully saturated rings. The van der Waals surface area contributed by atoms with Crippen LogP contribution in [0.3, 0.4) is 0 Å². The second kappa shape index (κ2) is 5.24. The first kappa shape index (κ1) is 12.5. The van der Waals surface area contributed by atoms with Crippen LogP contribution in [0.5, 0.6) is 0 Å². The summed E-state index contributed by atoms with van der Waals surface area (Å²) in [6.07, 6.45) is 5.17. The van der Waals surface area contributed by atoms with Gasteiger partial charge in [0, 0.05) is 18.3 Å². The molecule has 2 aliphatic rings. The Morgan fingerprint density at radius 3 is 2.84 bits per heavy atom. The molecule has 2 atom stereocenters. The predicted molar refractivity (Wildman–Crippen MR) is 77.2 cm³/mol. The van der Waals surface area contributed by atoms with Gasteiger partial charge in [0.05, 0.1) is 5.92 Å². The number of hydrogen-bond donors (Lipinski definition) is 2. The number of hydrogen-bond acceptors (Lipinski definition) is 2. The molecule has 0 radical (unpaired) electrons. The van der Waals surface area contributed by atoms with Crippen LogP contribution in [0.1, 0.15) is 44.1 Å². The smallest absolute Gasteiger partial charge is 0.229 e. The van der Waals surface area contributed by atoms with Gasteiger partial charge < -0.3 is 10.6 Å². The number of benzene rings is 1. The number of carbonyl (C=O) groups is 1. The summed E-state index contributed by atoms with van der Waals surface area (Å²) in [7, 11) is 0. The zero-order valence-electron chi connectivity index (χ0n) is 11.5. The molecular formula is C16H22N2O. The van der Waals surface area contributed by atoms with Crippen LogP contribution in [0.2, 0.25) is 0 Å². The molecule has 2 unspecified atom stereocenters. The maximum absolute atomic E-state index is 12.4. The summed E-state index contributed by atoms with van der Waals surface area (Å²) in [4.78, 5) is 12.4. The maximum atomic E-state index is 12.4. The van der Waals surface area contributed by atoms with Crippen LogP contribution >= 0.6 is 0 Å². The highest BCUT2D eigenvalue weighted by Crippen LogP contribution is 2.32. The molecule has 0 saturated heterocycles. The third-order valence-electron chi connectivity index (χ3n) is 4.63. The van der Waals surface area contributed by atoms with Crippen LogP contribution < -0.4 is 10.6 Å². The Morgan fingerprint density at radius 1 is 1.32 bits per heavy atom. The van der Waals surface area contributed by atoms with Crippen LogP contribution in [0, 0.1) is 5.92 Å². The first-order chi connectivity index (χ1) is 9.25. The third kappa shape index (κ3) is 2.46. The van der Waals surface area contributed by atoms with Gasteiger partial charge in [0.15, 0.2) is 0 Å². The van der Waals surface area contributed by atoms with E-state index in [0.717, 1.165) is 17.8 Å². The second-order valence-electron chi connectivity index (χ2n) is 5.86. The van der Waals surface area contributed by atoms with E-state index in [2.05, 4.69) is 23.6 Å². The van der Waals surface area contributed by atoms with Crippen molar-refractivity contribution in [2.45, 2.75) is 44.6 Å². The third-order valence-corrected chi connectivity index (χ3v) is 4.63. The molecule has 3 nitrogen and oxygen atoms in total. The number of nitrogens with one attached hydrogen (secondary N) is 2. The number of amides is 1. The Kier molecular flexibility index (Phi) is 3.45. The van der Waals surface area contributed by atoms with Crippen LogP contribution in [-0.2, 0) is 4.79 Å². The average molecular weight is 258 g/mol. The van der Waals surface area contributed by atoms with Crippen molar-refractivity contribution in [1.29, 1.82) is 0 Å². The van der Waals surface area contributed by atoms with Gasteiger partial charge in [0.2, 0.25) is 5.91 Å². The summed E-state index contributed by atoms with van der Waals surface area (Å²) in [5.41, 5.74) is 2.25. The molecule has 0 aromatic heterocycles. The molecule has 2 N–H and O–H groups in total. The zero-order chi connectivity index (χ0) is 13.2. The average Bonchev–Trinajstić information content (AvgIpc) is 3.08. The van der Waals surface area contributed by atoms with E-state index in [0.29, 0.717) is 12.0 Å². The van der Waals surface area contributed by atoms with Gasteiger partial charge >= 0.3 is 0 Å². The molecule has 3 rings (SSSR count). The molecule has 0 spiro atoms. The fourth-order valence-corrected chi connectivity index (χ4v) is 3.42. The highest BCUT2D eigenvalue weighted by Gasteiger charge is 2.30. The van der Waals surface area contributed by atoms with Gasteiger partial charge in [-0.05, 0) is 37.3 Å². The van der Waals surface area contributed by atoms with Gasteiger partial charge in [-0.15, -0.1) is 0 Å². The van der Waals surface area contributed by atoms with E-state index in [1.807, 2.05) is 18.2 Å². The van der Waals surface area contributed by atoms with Crippen molar-refractivity contribution in [3.8, 4) is 0 Å². The van der Waals surface area contributed by atoms with Gasteiger partial charge in [0.1, 0.15) is 0 Å². The Bertz CT molecular complexity index is 466. The fraction of sp³-hybridized carbons (Fsp3) is 0.562. The zero-order valence-corrected chi connectivity index (χ0v) is 11.5. The summed E-state index contributed by atoms with van der Waals surface area (Å²) in [6.45, 7) is 2.88. The highest BCUT2D eigenvalue weighted by molar-refractivity contribution is 5.88. The molecule has 1 aromatic rings. The molecule has 1 aliphatic carbocycles. The van der Waals surface area contributed by atoms with Crippen molar-refractivity contribution >= 4 is 11.6 Å². The first-order valence-electron chi connectivity index (χ1n) is 7.39. The molecule has 0 bridgehead atoms. The van der Waals surface area contributed by atoms with E-state index in [1.54, 1.807) is 0 Å². The number of para-hydroxylation sites is 1. The lowest BCUT2D eigenvalue weighted by Gasteiger charge is -2.22. The molecule has 1 aromatic carbocycles. The van der Waals surface area contributed by atoms with E-state index in [9.17, 15) is 4.79 Å². The van der Waals surface area contributed by atoms with Crippen molar-refractivity contribution in [2.75, 3.05) is 11.9 Å². The van der Waals surface area contributed by atoms with E-state index in [1.165, 1.54) is 25.7 Å². The number of rotatable bonds is 3. The van der Waals surface area contributed by atoms with E-state index >= 15 is 0 Å². The Balaban J connectivity index is 1.65. The minimum Gasteiger partial charge on any atom is -0.384 e. The fourth-order valence-electron chi connectivity index (χ4n) is 3.42. The van der Waals surface area contributed by atoms with Crippen molar-refractivity contribution < 1.29 is 4.79 Å². The maximum Gasteiger partial charge on any atom is 0.229 e. The topological polar surface area (TPSA) is 41.1 Å². The lowest BCUT2D eigenvalue weighted by atomic mass is 9.96. The lowest BCUT2D eigenvalue weighted by molar-refractivity contribution is -0.123. The normalized spacial score (nSPS) is 23.7. The number of fused-ring (bicyclic) bond motifs is 1. The van der Waals surface area contributed by atoms with Gasteiger partial charge in [0.25, 0.3) is 0 Å². The SMILES string of the molecule is CC(NC(=O)C1CNc2ccccc21)C1CCCC1. The summed E-state index contributed by atoms with van der Waals surface area (Å²) >= 11 is 0. The molecule has 3 heteroatoms. The van der Waals surface area contributed by atoms with Crippen molar-refractivity contribution in [1.82, 2.24) is 5.32 Å². The standard InChI is InChI=1S/C16H22N2O/c1-11(12-6-2-3-7-12)18-16(19)14-10-17-15-9-5-4-8-13(14)15/h4-5,8-9,11-12,14,17H,2-3,6-7,10H2,1H3,(H,18,19). The van der Waals surface area contributed by atoms with E-state index in [4.69, 9.17) is 0 Å². The van der Waals surface area contributed by atoms with Gasteiger partial charge in [-0.3, -0.25) is 4.79 Å². The molecule has 1 aliphatic heterocycles. The van der Waals surface area contributed by atoms with Crippen LogP contribution in [0.25, 0.3) is 0 Å². The van der Waals surface area contributed by atoms with Crippen LogP contribution in [-0.4, -0.2) is 18.5 Å². The van der Waals surface area contributed by atoms with Gasteiger partial charge in [-0.1, -0.05) is 31.0 Å². The molecule has 1 saturated carbocycles. The number of anilines is 1. The lowest BCUT2D eigenvalue weighted by Crippen LogP contribution is -2.40. The van der Waals surface area contributed by atoms with E-state index in [-0.39, 0.29) is 11.8 Å². The molecular weight excluding hydrogens is 236 g/mol. The quantitative estimate of drug-likeness (QED) is 0.875. The monoisotopic (exact) mass is 258 g/mol. The van der Waals surface area contributed by atoms with Crippen molar-refractivity contribution in [3.05, 3.63) is 29.8 Å². The van der Waals surface area contributed by atoms with Gasteiger partial charge in [-0.2, -0.15) is 0 Å². The Labute approximate surface area is 114 Å². The van der Waals surface area contributed by atoms with Crippen molar-refractivity contribution in [2.24, 2.45) is 5.92 Å². The summed E-state index contributed by atoms with van der Waals surface area (Å²) in [5.74, 6) is 0.824. The summed E-state index contributed by atoms with van der Waals surface area (Å²) in [5, 5.41) is 6.54. The minimum absolute atomic E-state index is 0.0277. The van der Waals surface area contributed by atoms with Crippen molar-refractivity contribution in [3.63, 3.8) is 0 Å². The number of carbonyl (C=O) groups excluding carboxylic acids is 1. The summed E-state index contributed by atoms with van der Waals surface area (Å²) < 4.78 is 0. The predicted octanol–water partition coefficient (Wildman–Crippen LogP) is 2.89. The Morgan fingerprint density at radius 2 is 2.05 bits per heavy atom. The molecule has 19 heavy (non-hydrogen) atoms. The van der Waals surface area contributed by atoms with Crippen LogP contribution in [0.4, 0.5) is 5.69 Å². The van der Waals surface area contributed by atoms with E-state index < -0.39 is 0 Å². The first-order valence-corrected chi connectivity index (χ1v) is 7.39. The van der Waals surface area contributed by atoms with Gasteiger partial charge in [-0.25, -0.2) is 0 Å².